The summed E-state index contributed by atoms with van der Waals surface area (Å²) in [5, 5.41) is 11.4. The van der Waals surface area contributed by atoms with E-state index in [0.717, 1.165) is 5.57 Å². The molecule has 0 heterocycles. The molecule has 0 radical (unpaired) electrons. The quantitative estimate of drug-likeness (QED) is 0.633. The van der Waals surface area contributed by atoms with Gasteiger partial charge in [0.1, 0.15) is 6.10 Å². The first-order valence-electron chi connectivity index (χ1n) is 8.84. The van der Waals surface area contributed by atoms with E-state index >= 15 is 0 Å². The zero-order valence-electron chi connectivity index (χ0n) is 15.7. The molecule has 4 heteroatoms. The van der Waals surface area contributed by atoms with Crippen molar-refractivity contribution < 1.29 is 19.4 Å². The van der Waals surface area contributed by atoms with Crippen molar-refractivity contribution in [3.8, 4) is 0 Å². The SMILES string of the molecule is CC=C(C)C(=O)OC1CC(C)=CC(=O)[C@]2(C)CC[C@](O)(C(C)C)C12. The van der Waals surface area contributed by atoms with Crippen LogP contribution in [0.15, 0.2) is 23.3 Å². The van der Waals surface area contributed by atoms with E-state index in [2.05, 4.69) is 0 Å². The number of hydrogen-bond donors (Lipinski definition) is 1. The minimum Gasteiger partial charge on any atom is -0.458 e. The normalized spacial score (nSPS) is 37.1. The van der Waals surface area contributed by atoms with Crippen LogP contribution in [-0.2, 0) is 14.3 Å². The lowest BCUT2D eigenvalue weighted by Gasteiger charge is -2.42. The van der Waals surface area contributed by atoms with Crippen molar-refractivity contribution in [3.63, 3.8) is 0 Å². The van der Waals surface area contributed by atoms with Gasteiger partial charge >= 0.3 is 5.97 Å². The lowest BCUT2D eigenvalue weighted by atomic mass is 9.67. The molecule has 0 aromatic heterocycles. The van der Waals surface area contributed by atoms with Crippen molar-refractivity contribution in [1.29, 1.82) is 0 Å². The van der Waals surface area contributed by atoms with Crippen molar-refractivity contribution in [1.82, 2.24) is 0 Å². The highest BCUT2D eigenvalue weighted by Gasteiger charge is 2.62. The zero-order chi connectivity index (χ0) is 18.3. The van der Waals surface area contributed by atoms with Gasteiger partial charge in [0.2, 0.25) is 0 Å². The summed E-state index contributed by atoms with van der Waals surface area (Å²) in [5.41, 5.74) is -0.249. The molecule has 0 saturated heterocycles. The second-order valence-corrected chi connectivity index (χ2v) is 8.02. The van der Waals surface area contributed by atoms with Crippen LogP contribution in [0.25, 0.3) is 0 Å². The van der Waals surface area contributed by atoms with Crippen LogP contribution in [0, 0.1) is 17.3 Å². The zero-order valence-corrected chi connectivity index (χ0v) is 15.7. The number of aliphatic hydroxyl groups is 1. The molecular formula is C20H30O4. The number of carbonyl (C=O) groups is 2. The maximum Gasteiger partial charge on any atom is 0.333 e. The summed E-state index contributed by atoms with van der Waals surface area (Å²) in [6, 6.07) is 0. The van der Waals surface area contributed by atoms with E-state index in [0.29, 0.717) is 24.8 Å². The molecule has 0 bridgehead atoms. The second-order valence-electron chi connectivity index (χ2n) is 8.02. The van der Waals surface area contributed by atoms with Gasteiger partial charge in [0, 0.05) is 23.3 Å². The van der Waals surface area contributed by atoms with Gasteiger partial charge < -0.3 is 9.84 Å². The third kappa shape index (κ3) is 2.97. The third-order valence-corrected chi connectivity index (χ3v) is 6.12. The minimum atomic E-state index is -1.00. The fourth-order valence-corrected chi connectivity index (χ4v) is 4.32. The molecule has 0 aromatic rings. The average Bonchev–Trinajstić information content (AvgIpc) is 2.74. The summed E-state index contributed by atoms with van der Waals surface area (Å²) in [6.45, 7) is 11.3. The van der Waals surface area contributed by atoms with Crippen molar-refractivity contribution in [3.05, 3.63) is 23.3 Å². The van der Waals surface area contributed by atoms with Gasteiger partial charge in [0.15, 0.2) is 5.78 Å². The lowest BCUT2D eigenvalue weighted by Crippen LogP contribution is -2.52. The van der Waals surface area contributed by atoms with Crippen molar-refractivity contribution >= 4 is 11.8 Å². The molecule has 134 valence electrons. The number of ketones is 1. The summed E-state index contributed by atoms with van der Waals surface area (Å²) in [7, 11) is 0. The topological polar surface area (TPSA) is 63.6 Å². The number of allylic oxidation sites excluding steroid dienone is 2. The molecule has 24 heavy (non-hydrogen) atoms. The fraction of sp³-hybridized carbons (Fsp3) is 0.700. The number of carbonyl (C=O) groups excluding carboxylic acids is 2. The molecule has 2 unspecified atom stereocenters. The van der Waals surface area contributed by atoms with Crippen LogP contribution in [0.5, 0.6) is 0 Å². The van der Waals surface area contributed by atoms with Crippen LogP contribution in [0.3, 0.4) is 0 Å². The van der Waals surface area contributed by atoms with E-state index in [9.17, 15) is 14.7 Å². The Labute approximate surface area is 145 Å². The first kappa shape index (κ1) is 18.9. The summed E-state index contributed by atoms with van der Waals surface area (Å²) in [4.78, 5) is 25.2. The Morgan fingerprint density at radius 1 is 1.42 bits per heavy atom. The molecule has 0 aliphatic heterocycles. The average molecular weight is 334 g/mol. The minimum absolute atomic E-state index is 0.0143. The van der Waals surface area contributed by atoms with Crippen LogP contribution >= 0.6 is 0 Å². The van der Waals surface area contributed by atoms with Crippen LogP contribution in [-0.4, -0.2) is 28.6 Å². The molecule has 0 spiro atoms. The molecule has 1 N–H and O–H groups in total. The van der Waals surface area contributed by atoms with Crippen LogP contribution < -0.4 is 0 Å². The molecule has 2 rings (SSSR count). The molecule has 4 nitrogen and oxygen atoms in total. The Balaban J connectivity index is 2.48. The van der Waals surface area contributed by atoms with Crippen molar-refractivity contribution in [2.24, 2.45) is 17.3 Å². The lowest BCUT2D eigenvalue weighted by molar-refractivity contribution is -0.164. The molecule has 1 saturated carbocycles. The molecule has 1 fully saturated rings. The van der Waals surface area contributed by atoms with Gasteiger partial charge in [-0.15, -0.1) is 0 Å². The summed E-state index contributed by atoms with van der Waals surface area (Å²) >= 11 is 0. The van der Waals surface area contributed by atoms with Gasteiger partial charge in [-0.2, -0.15) is 0 Å². The van der Waals surface area contributed by atoms with Gasteiger partial charge in [-0.25, -0.2) is 4.79 Å². The van der Waals surface area contributed by atoms with Crippen LogP contribution in [0.4, 0.5) is 0 Å². The molecular weight excluding hydrogens is 304 g/mol. The Morgan fingerprint density at radius 3 is 2.58 bits per heavy atom. The van der Waals surface area contributed by atoms with Crippen molar-refractivity contribution in [2.45, 2.75) is 72.5 Å². The number of rotatable bonds is 3. The summed E-state index contributed by atoms with van der Waals surface area (Å²) in [6.07, 6.45) is 4.57. The van der Waals surface area contributed by atoms with E-state index in [1.165, 1.54) is 0 Å². The predicted molar refractivity (Wildman–Crippen MR) is 93.3 cm³/mol. The highest BCUT2D eigenvalue weighted by Crippen LogP contribution is 2.56. The van der Waals surface area contributed by atoms with Gasteiger partial charge in [-0.1, -0.05) is 32.4 Å². The number of fused-ring (bicyclic) bond motifs is 1. The van der Waals surface area contributed by atoms with Gasteiger partial charge in [-0.05, 0) is 45.6 Å². The first-order valence-corrected chi connectivity index (χ1v) is 8.84. The van der Waals surface area contributed by atoms with Gasteiger partial charge in [0.25, 0.3) is 0 Å². The smallest absolute Gasteiger partial charge is 0.333 e. The molecule has 0 amide bonds. The maximum atomic E-state index is 12.8. The number of ether oxygens (including phenoxy) is 1. The number of esters is 1. The predicted octanol–water partition coefficient (Wildman–Crippen LogP) is 3.59. The van der Waals surface area contributed by atoms with E-state index in [1.54, 1.807) is 26.0 Å². The van der Waals surface area contributed by atoms with E-state index in [1.807, 2.05) is 27.7 Å². The highest BCUT2D eigenvalue weighted by molar-refractivity contribution is 5.96. The molecule has 2 aliphatic rings. The molecule has 4 atom stereocenters. The monoisotopic (exact) mass is 334 g/mol. The molecule has 0 aromatic carbocycles. The highest BCUT2D eigenvalue weighted by atomic mass is 16.5. The van der Waals surface area contributed by atoms with E-state index in [-0.39, 0.29) is 23.6 Å². The summed E-state index contributed by atoms with van der Waals surface area (Å²) in [5.74, 6) is -0.729. The standard InChI is InChI=1S/C20H30O4/c1-7-14(5)18(22)24-15-10-13(4)11-16(21)19(6)8-9-20(23,12(2)3)17(15)19/h7,11-12,15,17,23H,8-10H2,1-6H3/t15?,17?,19-,20-/m0/s1. The van der Waals surface area contributed by atoms with Crippen molar-refractivity contribution in [2.75, 3.05) is 0 Å². The van der Waals surface area contributed by atoms with Gasteiger partial charge in [-0.3, -0.25) is 4.79 Å². The Hall–Kier alpha value is -1.42. The second kappa shape index (κ2) is 6.47. The maximum absolute atomic E-state index is 12.8. The Morgan fingerprint density at radius 2 is 2.04 bits per heavy atom. The third-order valence-electron chi connectivity index (χ3n) is 6.12. The Bertz CT molecular complexity index is 601. The largest absolute Gasteiger partial charge is 0.458 e. The van der Waals surface area contributed by atoms with Crippen LogP contribution in [0.1, 0.15) is 60.8 Å². The Kier molecular flexibility index (Phi) is 5.10. The summed E-state index contributed by atoms with van der Waals surface area (Å²) < 4.78 is 5.81. The van der Waals surface area contributed by atoms with E-state index < -0.39 is 17.1 Å². The fourth-order valence-electron chi connectivity index (χ4n) is 4.32. The number of hydrogen-bond acceptors (Lipinski definition) is 4. The van der Waals surface area contributed by atoms with Crippen LogP contribution in [0.2, 0.25) is 0 Å². The first-order chi connectivity index (χ1) is 11.1. The van der Waals surface area contributed by atoms with E-state index in [4.69, 9.17) is 4.74 Å². The van der Waals surface area contributed by atoms with Gasteiger partial charge in [0.05, 0.1) is 5.60 Å². The molecule has 2 aliphatic carbocycles.